The average Bonchev–Trinajstić information content (AvgIpc) is 3.24. The third-order valence-corrected chi connectivity index (χ3v) is 6.47. The molecule has 1 aliphatic rings. The monoisotopic (exact) mass is 460 g/mol. The van der Waals surface area contributed by atoms with Gasteiger partial charge in [-0.1, -0.05) is 42.0 Å². The van der Waals surface area contributed by atoms with Gasteiger partial charge in [-0.15, -0.1) is 0 Å². The minimum absolute atomic E-state index is 0.0649. The molecule has 0 fully saturated rings. The zero-order valence-electron chi connectivity index (χ0n) is 20.0. The van der Waals surface area contributed by atoms with Gasteiger partial charge < -0.3 is 14.6 Å². The molecule has 1 N–H and O–H groups in total. The average molecular weight is 461 g/mol. The smallest absolute Gasteiger partial charge is 0.359 e. The molecule has 2 amide bonds. The molecule has 0 radical (unpaired) electrons. The summed E-state index contributed by atoms with van der Waals surface area (Å²) in [5, 5.41) is 3.00. The molecule has 1 aromatic heterocycles. The molecule has 2 aromatic carbocycles. The Bertz CT molecular complexity index is 1280. The normalized spacial score (nSPS) is 17.3. The zero-order valence-corrected chi connectivity index (χ0v) is 20.0. The van der Waals surface area contributed by atoms with Crippen molar-refractivity contribution in [3.05, 3.63) is 82.4 Å². The van der Waals surface area contributed by atoms with E-state index in [9.17, 15) is 14.4 Å². The molecule has 2 heterocycles. The molecular formula is C26H28N4O4. The molecule has 8 nitrogen and oxygen atoms in total. The highest BCUT2D eigenvalue weighted by Gasteiger charge is 2.50. The molecule has 0 saturated carbocycles. The van der Waals surface area contributed by atoms with Crippen molar-refractivity contribution in [2.45, 2.75) is 46.3 Å². The molecule has 0 bridgehead atoms. The molecule has 176 valence electrons. The summed E-state index contributed by atoms with van der Waals surface area (Å²) in [6.45, 7) is 8.06. The number of rotatable bonds is 5. The second-order valence-corrected chi connectivity index (χ2v) is 8.86. The van der Waals surface area contributed by atoms with E-state index in [0.29, 0.717) is 12.2 Å². The van der Waals surface area contributed by atoms with Crippen LogP contribution in [0.5, 0.6) is 0 Å². The maximum Gasteiger partial charge on any atom is 0.359 e. The van der Waals surface area contributed by atoms with Crippen LogP contribution in [0.3, 0.4) is 0 Å². The van der Waals surface area contributed by atoms with Gasteiger partial charge in [0.2, 0.25) is 5.91 Å². The summed E-state index contributed by atoms with van der Waals surface area (Å²) >= 11 is 0. The van der Waals surface area contributed by atoms with Crippen LogP contribution in [0.1, 0.15) is 50.2 Å². The number of benzene rings is 2. The second-order valence-electron chi connectivity index (χ2n) is 8.86. The Morgan fingerprint density at radius 1 is 1.12 bits per heavy atom. The molecule has 3 aromatic rings. The summed E-state index contributed by atoms with van der Waals surface area (Å²) in [6.07, 6.45) is 1.41. The molecule has 0 aliphatic carbocycles. The zero-order chi connectivity index (χ0) is 24.6. The highest BCUT2D eigenvalue weighted by atomic mass is 16.5. The maximum absolute atomic E-state index is 13.9. The van der Waals surface area contributed by atoms with Gasteiger partial charge in [0, 0.05) is 12.2 Å². The molecule has 4 rings (SSSR count). The summed E-state index contributed by atoms with van der Waals surface area (Å²) in [7, 11) is 1.24. The number of methoxy groups -OCH3 is 1. The van der Waals surface area contributed by atoms with E-state index in [4.69, 9.17) is 4.74 Å². The third-order valence-electron chi connectivity index (χ3n) is 6.47. The van der Waals surface area contributed by atoms with E-state index >= 15 is 0 Å². The van der Waals surface area contributed by atoms with Crippen LogP contribution in [0.25, 0.3) is 0 Å². The van der Waals surface area contributed by atoms with Gasteiger partial charge in [-0.2, -0.15) is 0 Å². The SMILES string of the molecule is COC(=O)c1ncn2c1C(=O)N(c1cccc(C)c1C)[C@@](C)(C(=O)NCc1ccc(C)cc1)C2. The first kappa shape index (κ1) is 23.2. The van der Waals surface area contributed by atoms with Crippen molar-refractivity contribution in [2.24, 2.45) is 0 Å². The topological polar surface area (TPSA) is 93.5 Å². The van der Waals surface area contributed by atoms with Crippen molar-refractivity contribution < 1.29 is 19.1 Å². The molecule has 1 aliphatic heterocycles. The molecule has 0 unspecified atom stereocenters. The van der Waals surface area contributed by atoms with E-state index in [1.165, 1.54) is 18.3 Å². The largest absolute Gasteiger partial charge is 0.464 e. The minimum Gasteiger partial charge on any atom is -0.464 e. The van der Waals surface area contributed by atoms with Crippen LogP contribution in [-0.2, 0) is 22.6 Å². The lowest BCUT2D eigenvalue weighted by Crippen LogP contribution is -2.64. The molecule has 0 saturated heterocycles. The van der Waals surface area contributed by atoms with Gasteiger partial charge in [0.25, 0.3) is 5.91 Å². The van der Waals surface area contributed by atoms with Gasteiger partial charge in [-0.3, -0.25) is 14.5 Å². The molecular weight excluding hydrogens is 432 g/mol. The number of anilines is 1. The lowest BCUT2D eigenvalue weighted by molar-refractivity contribution is -0.126. The van der Waals surface area contributed by atoms with Gasteiger partial charge >= 0.3 is 5.97 Å². The summed E-state index contributed by atoms with van der Waals surface area (Å²) in [5.41, 5.74) is 3.35. The number of aromatic nitrogens is 2. The molecule has 1 atom stereocenters. The number of carbonyl (C=O) groups excluding carboxylic acids is 3. The fraction of sp³-hybridized carbons (Fsp3) is 0.308. The Hall–Kier alpha value is -3.94. The molecule has 8 heteroatoms. The van der Waals surface area contributed by atoms with Crippen molar-refractivity contribution in [2.75, 3.05) is 12.0 Å². The van der Waals surface area contributed by atoms with Crippen molar-refractivity contribution >= 4 is 23.5 Å². The van der Waals surface area contributed by atoms with E-state index < -0.39 is 17.4 Å². The number of carbonyl (C=O) groups is 3. The van der Waals surface area contributed by atoms with Crippen molar-refractivity contribution in [1.82, 2.24) is 14.9 Å². The lowest BCUT2D eigenvalue weighted by Gasteiger charge is -2.44. The number of aryl methyl sites for hydroxylation is 2. The van der Waals surface area contributed by atoms with Crippen molar-refractivity contribution in [1.29, 1.82) is 0 Å². The first-order valence-electron chi connectivity index (χ1n) is 11.1. The van der Waals surface area contributed by atoms with Gasteiger partial charge in [0.05, 0.1) is 20.0 Å². The maximum atomic E-state index is 13.9. The Labute approximate surface area is 198 Å². The van der Waals surface area contributed by atoms with Gasteiger partial charge in [-0.05, 0) is 50.5 Å². The van der Waals surface area contributed by atoms with Crippen molar-refractivity contribution in [3.8, 4) is 0 Å². The van der Waals surface area contributed by atoms with Crippen LogP contribution in [0, 0.1) is 20.8 Å². The van der Waals surface area contributed by atoms with Gasteiger partial charge in [0.1, 0.15) is 11.2 Å². The predicted molar refractivity (Wildman–Crippen MR) is 128 cm³/mol. The minimum atomic E-state index is -1.26. The quantitative estimate of drug-likeness (QED) is 0.590. The lowest BCUT2D eigenvalue weighted by atomic mass is 9.91. The Morgan fingerprint density at radius 2 is 1.82 bits per heavy atom. The highest BCUT2D eigenvalue weighted by molar-refractivity contribution is 6.15. The van der Waals surface area contributed by atoms with E-state index in [-0.39, 0.29) is 23.8 Å². The summed E-state index contributed by atoms with van der Waals surface area (Å²) in [4.78, 5) is 45.5. The van der Waals surface area contributed by atoms with E-state index in [2.05, 4.69) is 10.3 Å². The highest BCUT2D eigenvalue weighted by Crippen LogP contribution is 2.36. The summed E-state index contributed by atoms with van der Waals surface area (Å²) in [6, 6.07) is 13.5. The van der Waals surface area contributed by atoms with E-state index in [0.717, 1.165) is 22.3 Å². The summed E-state index contributed by atoms with van der Waals surface area (Å²) < 4.78 is 6.38. The Morgan fingerprint density at radius 3 is 2.50 bits per heavy atom. The van der Waals surface area contributed by atoms with Gasteiger partial charge in [0.15, 0.2) is 5.69 Å². The number of ether oxygens (including phenoxy) is 1. The first-order valence-corrected chi connectivity index (χ1v) is 11.1. The van der Waals surface area contributed by atoms with Crippen LogP contribution in [0.2, 0.25) is 0 Å². The van der Waals surface area contributed by atoms with Crippen LogP contribution < -0.4 is 10.2 Å². The predicted octanol–water partition coefficient (Wildman–Crippen LogP) is 3.33. The standard InChI is InChI=1S/C26H28N4O4/c1-16-9-11-19(12-10-16)13-27-25(33)26(4)14-29-15-28-21(24(32)34-5)22(29)23(31)30(26)20-8-6-7-17(2)18(20)3/h6-12,15H,13-14H2,1-5H3,(H,27,33)/t26-/m1/s1. The number of imidazole rings is 1. The molecule has 0 spiro atoms. The van der Waals surface area contributed by atoms with E-state index in [1.807, 2.05) is 63.2 Å². The van der Waals surface area contributed by atoms with E-state index in [1.54, 1.807) is 11.5 Å². The van der Waals surface area contributed by atoms with Crippen LogP contribution in [-0.4, -0.2) is 40.0 Å². The van der Waals surface area contributed by atoms with Crippen LogP contribution in [0.4, 0.5) is 5.69 Å². The third kappa shape index (κ3) is 3.85. The fourth-order valence-electron chi connectivity index (χ4n) is 4.31. The number of amides is 2. The molecule has 34 heavy (non-hydrogen) atoms. The van der Waals surface area contributed by atoms with Gasteiger partial charge in [-0.25, -0.2) is 9.78 Å². The Balaban J connectivity index is 1.78. The van der Waals surface area contributed by atoms with Crippen LogP contribution >= 0.6 is 0 Å². The first-order chi connectivity index (χ1) is 16.2. The number of nitrogens with zero attached hydrogens (tertiary/aromatic N) is 3. The number of hydrogen-bond acceptors (Lipinski definition) is 5. The number of fused-ring (bicyclic) bond motifs is 1. The number of hydrogen-bond donors (Lipinski definition) is 1. The Kier molecular flexibility index (Phi) is 6.00. The van der Waals surface area contributed by atoms with Crippen LogP contribution in [0.15, 0.2) is 48.8 Å². The summed E-state index contributed by atoms with van der Waals surface area (Å²) in [5.74, 6) is -1.48. The fourth-order valence-corrected chi connectivity index (χ4v) is 4.31. The van der Waals surface area contributed by atoms with Crippen molar-refractivity contribution in [3.63, 3.8) is 0 Å². The second kappa shape index (κ2) is 8.78. The number of nitrogens with one attached hydrogen (secondary N) is 1. The number of esters is 1.